The lowest BCUT2D eigenvalue weighted by molar-refractivity contribution is -0.152. The van der Waals surface area contributed by atoms with E-state index < -0.39 is 28.5 Å². The van der Waals surface area contributed by atoms with E-state index in [-0.39, 0.29) is 24.3 Å². The Morgan fingerprint density at radius 1 is 1.00 bits per heavy atom. The van der Waals surface area contributed by atoms with Gasteiger partial charge >= 0.3 is 0 Å². The van der Waals surface area contributed by atoms with E-state index in [2.05, 4.69) is 15.6 Å². The molecule has 3 heterocycles. The lowest BCUT2D eigenvalue weighted by Gasteiger charge is -2.44. The maximum absolute atomic E-state index is 14.1. The molecule has 2 spiro atoms. The van der Waals surface area contributed by atoms with Crippen molar-refractivity contribution in [3.8, 4) is 0 Å². The largest absolute Gasteiger partial charge is 0.326 e. The zero-order valence-electron chi connectivity index (χ0n) is 22.5. The standard InChI is InChI=1S/C32H30F2N4O3/c33-22-12-20(13-23(34)15-22)26-7-10-31(8-1-2-9-31)30(41)38(26)18-27(39)36-24-6-5-19-16-32(17-21(19)14-24)25-4-3-11-35-28(25)37-29(32)40/h3-6,11-15,26H,1-2,7-10,16-18H2,(H,36,39)(H,35,37,40)/t26-,32+/m0/s1. The zero-order chi connectivity index (χ0) is 28.4. The number of nitrogens with zero attached hydrogens (tertiary/aromatic N) is 2. The first-order valence-corrected chi connectivity index (χ1v) is 14.2. The van der Waals surface area contributed by atoms with Gasteiger partial charge in [-0.05, 0) is 85.5 Å². The molecule has 3 aromatic rings. The second-order valence-electron chi connectivity index (χ2n) is 12.0. The van der Waals surface area contributed by atoms with E-state index in [9.17, 15) is 23.2 Å². The smallest absolute Gasteiger partial charge is 0.244 e. The number of piperidine rings is 1. The van der Waals surface area contributed by atoms with Crippen LogP contribution >= 0.6 is 0 Å². The Labute approximate surface area is 236 Å². The fraction of sp³-hybridized carbons (Fsp3) is 0.375. The number of fused-ring (bicyclic) bond motifs is 3. The molecule has 9 heteroatoms. The van der Waals surface area contributed by atoms with Gasteiger partial charge in [-0.1, -0.05) is 25.0 Å². The second kappa shape index (κ2) is 9.46. The van der Waals surface area contributed by atoms with Gasteiger partial charge in [0.05, 0.1) is 11.5 Å². The van der Waals surface area contributed by atoms with E-state index in [0.717, 1.165) is 48.4 Å². The second-order valence-corrected chi connectivity index (χ2v) is 12.0. The molecule has 1 aromatic heterocycles. The van der Waals surface area contributed by atoms with Gasteiger partial charge in [-0.2, -0.15) is 0 Å². The third-order valence-electron chi connectivity index (χ3n) is 9.60. The number of halogens is 2. The molecule has 7 nitrogen and oxygen atoms in total. The van der Waals surface area contributed by atoms with Crippen molar-refractivity contribution in [1.29, 1.82) is 0 Å². The van der Waals surface area contributed by atoms with Crippen LogP contribution in [0.15, 0.2) is 54.7 Å². The molecule has 210 valence electrons. The van der Waals surface area contributed by atoms with Gasteiger partial charge in [0, 0.05) is 28.9 Å². The first-order valence-electron chi connectivity index (χ1n) is 14.2. The number of likely N-dealkylation sites (tertiary alicyclic amines) is 1. The van der Waals surface area contributed by atoms with Crippen LogP contribution in [0.2, 0.25) is 0 Å². The van der Waals surface area contributed by atoms with Crippen LogP contribution in [0.3, 0.4) is 0 Å². The number of nitrogens with one attached hydrogen (secondary N) is 2. The molecule has 0 radical (unpaired) electrons. The number of hydrogen-bond donors (Lipinski definition) is 2. The van der Waals surface area contributed by atoms with E-state index in [1.165, 1.54) is 17.0 Å². The fourth-order valence-corrected chi connectivity index (χ4v) is 7.63. The summed E-state index contributed by atoms with van der Waals surface area (Å²) in [4.78, 5) is 46.1. The Hall–Kier alpha value is -4.14. The zero-order valence-corrected chi connectivity index (χ0v) is 22.5. The van der Waals surface area contributed by atoms with Gasteiger partial charge in [0.1, 0.15) is 24.0 Å². The molecule has 2 fully saturated rings. The fourth-order valence-electron chi connectivity index (χ4n) is 7.63. The molecule has 3 amide bonds. The lowest BCUT2D eigenvalue weighted by Crippen LogP contribution is -2.51. The van der Waals surface area contributed by atoms with Crippen molar-refractivity contribution < 1.29 is 23.2 Å². The number of benzene rings is 2. The molecule has 2 aliphatic heterocycles. The monoisotopic (exact) mass is 556 g/mol. The number of aromatic nitrogens is 1. The highest BCUT2D eigenvalue weighted by atomic mass is 19.1. The molecule has 41 heavy (non-hydrogen) atoms. The Bertz CT molecular complexity index is 1580. The van der Waals surface area contributed by atoms with Crippen LogP contribution in [0.25, 0.3) is 0 Å². The average molecular weight is 557 g/mol. The van der Waals surface area contributed by atoms with Crippen LogP contribution < -0.4 is 10.6 Å². The summed E-state index contributed by atoms with van der Waals surface area (Å²) in [5.41, 5.74) is 2.62. The summed E-state index contributed by atoms with van der Waals surface area (Å²) in [7, 11) is 0. The predicted octanol–water partition coefficient (Wildman–Crippen LogP) is 5.21. The Kier molecular flexibility index (Phi) is 5.96. The Morgan fingerprint density at radius 2 is 1.76 bits per heavy atom. The van der Waals surface area contributed by atoms with E-state index in [4.69, 9.17) is 0 Å². The molecular formula is C32H30F2N4O3. The highest BCUT2D eigenvalue weighted by Gasteiger charge is 2.51. The Morgan fingerprint density at radius 3 is 2.54 bits per heavy atom. The molecule has 2 N–H and O–H groups in total. The third-order valence-corrected chi connectivity index (χ3v) is 9.60. The summed E-state index contributed by atoms with van der Waals surface area (Å²) in [6.07, 6.45) is 7.35. The summed E-state index contributed by atoms with van der Waals surface area (Å²) in [5, 5.41) is 5.83. The van der Waals surface area contributed by atoms with Crippen LogP contribution in [0.4, 0.5) is 20.3 Å². The van der Waals surface area contributed by atoms with E-state index in [0.29, 0.717) is 42.8 Å². The molecule has 0 bridgehead atoms. The van der Waals surface area contributed by atoms with Crippen molar-refractivity contribution in [1.82, 2.24) is 9.88 Å². The average Bonchev–Trinajstić information content (AvgIpc) is 3.63. The minimum absolute atomic E-state index is 0.0720. The summed E-state index contributed by atoms with van der Waals surface area (Å²) in [5.74, 6) is -1.38. The molecule has 2 atom stereocenters. The van der Waals surface area contributed by atoms with Gasteiger partial charge in [0.25, 0.3) is 0 Å². The number of hydrogen-bond acceptors (Lipinski definition) is 4. The number of amides is 3. The van der Waals surface area contributed by atoms with E-state index in [1.807, 2.05) is 30.3 Å². The van der Waals surface area contributed by atoms with Gasteiger partial charge in [0.15, 0.2) is 0 Å². The number of anilines is 2. The van der Waals surface area contributed by atoms with E-state index in [1.54, 1.807) is 6.20 Å². The van der Waals surface area contributed by atoms with Crippen molar-refractivity contribution in [2.75, 3.05) is 17.2 Å². The first kappa shape index (κ1) is 25.8. The maximum Gasteiger partial charge on any atom is 0.244 e. The van der Waals surface area contributed by atoms with Crippen molar-refractivity contribution in [2.24, 2.45) is 5.41 Å². The van der Waals surface area contributed by atoms with Gasteiger partial charge in [-0.15, -0.1) is 0 Å². The summed E-state index contributed by atoms with van der Waals surface area (Å²) < 4.78 is 28.3. The van der Waals surface area contributed by atoms with Crippen molar-refractivity contribution in [3.63, 3.8) is 0 Å². The third kappa shape index (κ3) is 4.21. The number of pyridine rings is 1. The SMILES string of the molecule is O=C(CN1C(=O)C2(CCCC2)CC[C@H]1c1cc(F)cc(F)c1)Nc1ccc2c(c1)C[C@@]1(C2)C(=O)Nc2ncccc21. The Balaban J connectivity index is 1.12. The number of rotatable bonds is 4. The quantitative estimate of drug-likeness (QED) is 0.462. The molecule has 4 aliphatic rings. The van der Waals surface area contributed by atoms with Crippen LogP contribution in [-0.2, 0) is 32.6 Å². The molecule has 2 aromatic carbocycles. The molecule has 1 saturated carbocycles. The molecular weight excluding hydrogens is 526 g/mol. The predicted molar refractivity (Wildman–Crippen MR) is 148 cm³/mol. The van der Waals surface area contributed by atoms with Crippen LogP contribution in [0.5, 0.6) is 0 Å². The first-order chi connectivity index (χ1) is 19.8. The van der Waals surface area contributed by atoms with E-state index >= 15 is 0 Å². The maximum atomic E-state index is 14.1. The lowest BCUT2D eigenvalue weighted by atomic mass is 9.74. The van der Waals surface area contributed by atoms with Gasteiger partial charge in [-0.25, -0.2) is 13.8 Å². The van der Waals surface area contributed by atoms with Gasteiger partial charge < -0.3 is 15.5 Å². The topological polar surface area (TPSA) is 91.4 Å². The number of carbonyl (C=O) groups is 3. The van der Waals surface area contributed by atoms with Crippen LogP contribution in [0, 0.1) is 17.0 Å². The van der Waals surface area contributed by atoms with Crippen LogP contribution in [-0.4, -0.2) is 34.2 Å². The van der Waals surface area contributed by atoms with Crippen molar-refractivity contribution in [2.45, 2.75) is 62.8 Å². The van der Waals surface area contributed by atoms with Crippen molar-refractivity contribution >= 4 is 29.2 Å². The summed E-state index contributed by atoms with van der Waals surface area (Å²) >= 11 is 0. The molecule has 0 unspecified atom stereocenters. The van der Waals surface area contributed by atoms with Crippen LogP contribution in [0.1, 0.15) is 66.8 Å². The molecule has 1 saturated heterocycles. The highest BCUT2D eigenvalue weighted by Crippen LogP contribution is 2.50. The molecule has 2 aliphatic carbocycles. The minimum atomic E-state index is -0.710. The highest BCUT2D eigenvalue weighted by molar-refractivity contribution is 6.06. The minimum Gasteiger partial charge on any atom is -0.326 e. The normalized spacial score (nSPS) is 24.0. The number of carbonyl (C=O) groups excluding carboxylic acids is 3. The van der Waals surface area contributed by atoms with Gasteiger partial charge in [-0.3, -0.25) is 14.4 Å². The van der Waals surface area contributed by atoms with Crippen molar-refractivity contribution in [3.05, 3.63) is 88.6 Å². The molecule has 7 rings (SSSR count). The summed E-state index contributed by atoms with van der Waals surface area (Å²) in [6.45, 7) is -0.216. The summed E-state index contributed by atoms with van der Waals surface area (Å²) in [6, 6.07) is 12.1. The van der Waals surface area contributed by atoms with Gasteiger partial charge in [0.2, 0.25) is 17.7 Å².